The Morgan fingerprint density at radius 1 is 1.15 bits per heavy atom. The molecule has 0 saturated heterocycles. The Kier molecular flexibility index (Phi) is 5.64. The van der Waals surface area contributed by atoms with Crippen LogP contribution in [0.3, 0.4) is 0 Å². The largest absolute Gasteiger partial charge is 0.463 e. The first kappa shape index (κ1) is 20.9. The average molecular weight is 476 g/mol. The molecule has 0 radical (unpaired) electrons. The maximum absolute atomic E-state index is 13.6. The highest BCUT2D eigenvalue weighted by atomic mass is 32.1. The molecule has 9 heteroatoms. The van der Waals surface area contributed by atoms with Crippen LogP contribution >= 0.6 is 22.7 Å². The predicted octanol–water partition coefficient (Wildman–Crippen LogP) is 5.68. The van der Waals surface area contributed by atoms with Gasteiger partial charge in [-0.05, 0) is 47.9 Å². The van der Waals surface area contributed by atoms with Crippen molar-refractivity contribution in [2.75, 3.05) is 5.01 Å². The molecule has 0 aliphatic heterocycles. The summed E-state index contributed by atoms with van der Waals surface area (Å²) in [5, 5.41) is 7.90. The van der Waals surface area contributed by atoms with E-state index >= 15 is 0 Å². The number of halogens is 1. The van der Waals surface area contributed by atoms with E-state index in [0.717, 1.165) is 21.2 Å². The Bertz CT molecular complexity index is 1590. The number of hydrogen-bond donors (Lipinski definition) is 0. The van der Waals surface area contributed by atoms with Crippen LogP contribution in [0.15, 0.2) is 86.6 Å². The van der Waals surface area contributed by atoms with Gasteiger partial charge in [0.05, 0.1) is 27.4 Å². The first-order chi connectivity index (χ1) is 16.1. The fourth-order valence-corrected chi connectivity index (χ4v) is 4.66. The van der Waals surface area contributed by atoms with Crippen LogP contribution in [0.5, 0.6) is 0 Å². The maximum atomic E-state index is 13.6. The highest BCUT2D eigenvalue weighted by Crippen LogP contribution is 2.30. The van der Waals surface area contributed by atoms with Gasteiger partial charge in [-0.2, -0.15) is 10.1 Å². The van der Waals surface area contributed by atoms with Crippen LogP contribution in [0.25, 0.3) is 27.3 Å². The lowest BCUT2D eigenvalue weighted by atomic mass is 10.2. The molecule has 3 heterocycles. The Morgan fingerprint density at radius 2 is 2.03 bits per heavy atom. The van der Waals surface area contributed by atoms with Crippen molar-refractivity contribution in [3.63, 3.8) is 0 Å². The van der Waals surface area contributed by atoms with Gasteiger partial charge < -0.3 is 4.42 Å². The first-order valence-electron chi connectivity index (χ1n) is 9.75. The molecule has 6 nitrogen and oxygen atoms in total. The Balaban J connectivity index is 1.55. The molecule has 0 saturated carbocycles. The first-order valence-corrected chi connectivity index (χ1v) is 11.4. The van der Waals surface area contributed by atoms with Gasteiger partial charge in [0.25, 0.3) is 5.91 Å². The molecule has 0 N–H and O–H groups in total. The van der Waals surface area contributed by atoms with Crippen molar-refractivity contribution >= 4 is 67.2 Å². The van der Waals surface area contributed by atoms with Crippen LogP contribution in [-0.4, -0.2) is 17.1 Å². The summed E-state index contributed by atoms with van der Waals surface area (Å²) >= 11 is 2.61. The number of fused-ring (bicyclic) bond motifs is 2. The van der Waals surface area contributed by atoms with Crippen LogP contribution in [0.1, 0.15) is 10.4 Å². The van der Waals surface area contributed by atoms with E-state index in [9.17, 15) is 14.0 Å². The Labute approximate surface area is 194 Å². The van der Waals surface area contributed by atoms with Crippen molar-refractivity contribution in [1.82, 2.24) is 4.98 Å². The predicted molar refractivity (Wildman–Crippen MR) is 130 cm³/mol. The molecule has 5 rings (SSSR count). The van der Waals surface area contributed by atoms with Crippen LogP contribution < -0.4 is 10.4 Å². The van der Waals surface area contributed by atoms with Gasteiger partial charge in [0.1, 0.15) is 17.7 Å². The summed E-state index contributed by atoms with van der Waals surface area (Å²) in [5.41, 5.74) is 0.908. The quantitative estimate of drug-likeness (QED) is 0.186. The normalized spacial score (nSPS) is 11.8. The van der Waals surface area contributed by atoms with Gasteiger partial charge in [0, 0.05) is 11.0 Å². The van der Waals surface area contributed by atoms with Gasteiger partial charge in [0.2, 0.25) is 10.6 Å². The number of nitrogens with zero attached hydrogens (tertiary/aromatic N) is 3. The number of benzene rings is 2. The molecule has 0 aliphatic rings. The molecule has 0 fully saturated rings. The van der Waals surface area contributed by atoms with Gasteiger partial charge in [-0.1, -0.05) is 29.5 Å². The lowest BCUT2D eigenvalue weighted by Gasteiger charge is -2.11. The third kappa shape index (κ3) is 4.36. The molecular weight excluding hydrogens is 461 g/mol. The number of hydrazone groups is 1. The van der Waals surface area contributed by atoms with Crippen LogP contribution in [0, 0.1) is 5.82 Å². The summed E-state index contributed by atoms with van der Waals surface area (Å²) in [5.74, 6) is -0.866. The third-order valence-electron chi connectivity index (χ3n) is 4.68. The Hall–Kier alpha value is -3.95. The number of carbonyl (C=O) groups is 1. The Morgan fingerprint density at radius 3 is 2.88 bits per heavy atom. The minimum absolute atomic E-state index is 0.181. The third-order valence-corrected chi connectivity index (χ3v) is 6.51. The lowest BCUT2D eigenvalue weighted by Crippen LogP contribution is -2.24. The number of aromatic nitrogens is 1. The van der Waals surface area contributed by atoms with Gasteiger partial charge >= 0.3 is 0 Å². The van der Waals surface area contributed by atoms with Crippen molar-refractivity contribution in [3.05, 3.63) is 98.8 Å². The number of amides is 1. The zero-order valence-corrected chi connectivity index (χ0v) is 18.5. The SMILES string of the molecule is O=C(/C=C/c1cccs1)N(/N=C/c1coc2ccccc2c1=O)c1nc2ccc(F)cc2s1. The summed E-state index contributed by atoms with van der Waals surface area (Å²) in [6, 6.07) is 14.8. The zero-order valence-electron chi connectivity index (χ0n) is 16.8. The number of carbonyl (C=O) groups excluding carboxylic acids is 1. The van der Waals surface area contributed by atoms with Crippen LogP contribution in [0.2, 0.25) is 0 Å². The monoisotopic (exact) mass is 475 g/mol. The van der Waals surface area contributed by atoms with Gasteiger partial charge in [-0.3, -0.25) is 9.59 Å². The van der Waals surface area contributed by atoms with Gasteiger partial charge in [-0.15, -0.1) is 11.3 Å². The maximum Gasteiger partial charge on any atom is 0.273 e. The summed E-state index contributed by atoms with van der Waals surface area (Å²) < 4.78 is 19.7. The van der Waals surface area contributed by atoms with Crippen LogP contribution in [0.4, 0.5) is 9.52 Å². The van der Waals surface area contributed by atoms with E-state index in [1.165, 1.54) is 48.1 Å². The average Bonchev–Trinajstić information content (AvgIpc) is 3.49. The standard InChI is InChI=1S/C24H14FN3O3S2/c25-16-7-9-19-21(12-16)33-24(27-19)28(22(29)10-8-17-4-3-11-32-17)26-13-15-14-31-20-6-2-1-5-18(20)23(15)30/h1-14H/b10-8+,26-13+. The van der Waals surface area contributed by atoms with E-state index in [1.54, 1.807) is 30.3 Å². The second-order valence-corrected chi connectivity index (χ2v) is 8.86. The number of hydrogen-bond acceptors (Lipinski definition) is 7. The highest BCUT2D eigenvalue weighted by Gasteiger charge is 2.18. The minimum atomic E-state index is -0.468. The summed E-state index contributed by atoms with van der Waals surface area (Å²) in [7, 11) is 0. The second-order valence-electron chi connectivity index (χ2n) is 6.87. The van der Waals surface area contributed by atoms with Gasteiger partial charge in [-0.25, -0.2) is 9.37 Å². The molecule has 3 aromatic heterocycles. The van der Waals surface area contributed by atoms with E-state index in [4.69, 9.17) is 4.42 Å². The molecule has 0 aliphatic carbocycles. The van der Waals surface area contributed by atoms with E-state index < -0.39 is 11.7 Å². The van der Waals surface area contributed by atoms with Crippen molar-refractivity contribution in [2.24, 2.45) is 5.10 Å². The highest BCUT2D eigenvalue weighted by molar-refractivity contribution is 7.22. The number of thiazole rings is 1. The number of para-hydroxylation sites is 1. The lowest BCUT2D eigenvalue weighted by molar-refractivity contribution is -0.114. The molecule has 162 valence electrons. The molecule has 2 aromatic carbocycles. The molecule has 0 unspecified atom stereocenters. The smallest absolute Gasteiger partial charge is 0.273 e. The van der Waals surface area contributed by atoms with Gasteiger partial charge in [0.15, 0.2) is 0 Å². The summed E-state index contributed by atoms with van der Waals surface area (Å²) in [6.07, 6.45) is 5.61. The van der Waals surface area contributed by atoms with E-state index in [-0.39, 0.29) is 16.1 Å². The number of rotatable bonds is 5. The van der Waals surface area contributed by atoms with Crippen molar-refractivity contribution in [2.45, 2.75) is 0 Å². The second kappa shape index (κ2) is 8.89. The van der Waals surface area contributed by atoms with Crippen molar-refractivity contribution in [1.29, 1.82) is 0 Å². The topological polar surface area (TPSA) is 75.8 Å². The molecule has 1 amide bonds. The molecule has 0 atom stereocenters. The summed E-state index contributed by atoms with van der Waals surface area (Å²) in [4.78, 5) is 31.1. The van der Waals surface area contributed by atoms with Crippen molar-refractivity contribution in [3.8, 4) is 0 Å². The van der Waals surface area contributed by atoms with E-state index in [1.807, 2.05) is 17.5 Å². The zero-order chi connectivity index (χ0) is 22.8. The van der Waals surface area contributed by atoms with E-state index in [0.29, 0.717) is 21.2 Å². The fraction of sp³-hybridized carbons (Fsp3) is 0. The fourth-order valence-electron chi connectivity index (χ4n) is 3.09. The molecule has 0 bridgehead atoms. The molecule has 0 spiro atoms. The van der Waals surface area contributed by atoms with Crippen LogP contribution in [-0.2, 0) is 4.79 Å². The molecule has 33 heavy (non-hydrogen) atoms. The summed E-state index contributed by atoms with van der Waals surface area (Å²) in [6.45, 7) is 0. The number of thiophene rings is 1. The molecular formula is C24H14FN3O3S2. The minimum Gasteiger partial charge on any atom is -0.463 e. The molecule has 5 aromatic rings. The van der Waals surface area contributed by atoms with Crippen molar-refractivity contribution < 1.29 is 13.6 Å². The number of anilines is 1. The van der Waals surface area contributed by atoms with E-state index in [2.05, 4.69) is 10.1 Å².